The fraction of sp³-hybridized carbons (Fsp3) is 0.946. The van der Waals surface area contributed by atoms with Crippen LogP contribution in [0.25, 0.3) is 0 Å². The molecule has 0 aliphatic heterocycles. The summed E-state index contributed by atoms with van der Waals surface area (Å²) in [4.78, 5) is 72.8. The summed E-state index contributed by atoms with van der Waals surface area (Å²) in [5.74, 6) is -1.29. The largest absolute Gasteiger partial charge is 0.472 e. The average molecular weight is 915 g/mol. The lowest BCUT2D eigenvalue weighted by Crippen LogP contribution is -2.65. The molecule has 22 heteroatoms. The van der Waals surface area contributed by atoms with Crippen LogP contribution in [-0.4, -0.2) is 108 Å². The van der Waals surface area contributed by atoms with Crippen LogP contribution >= 0.6 is 23.5 Å². The number of hydrogen-bond donors (Lipinski definition) is 8. The second-order valence-corrected chi connectivity index (χ2v) is 19.1. The zero-order valence-electron chi connectivity index (χ0n) is 34.8. The van der Waals surface area contributed by atoms with Crippen molar-refractivity contribution in [2.24, 2.45) is 0 Å². The van der Waals surface area contributed by atoms with E-state index in [1.165, 1.54) is 70.6 Å². The van der Waals surface area contributed by atoms with Gasteiger partial charge in [-0.2, -0.15) is 0 Å². The summed E-state index contributed by atoms with van der Waals surface area (Å²) in [7, 11) is -16.6. The molecular weight excluding hydrogens is 841 g/mol. The first kappa shape index (κ1) is 56.2. The number of hydrogen-bond acceptors (Lipinski definition) is 14. The minimum absolute atomic E-state index is 0.00461. The summed E-state index contributed by atoms with van der Waals surface area (Å²) in [6.45, 7) is 2.89. The molecule has 8 atom stereocenters. The van der Waals surface area contributed by atoms with E-state index in [1.807, 2.05) is 0 Å². The quantitative estimate of drug-likeness (QED) is 0.0192. The Kier molecular flexibility index (Phi) is 29.6. The van der Waals surface area contributed by atoms with E-state index in [0.29, 0.717) is 12.8 Å². The van der Waals surface area contributed by atoms with Gasteiger partial charge in [-0.1, -0.05) is 142 Å². The highest BCUT2D eigenvalue weighted by molar-refractivity contribution is 7.47. The maximum absolute atomic E-state index is 13.0. The molecule has 350 valence electrons. The number of phosphoric acid groups is 3. The third-order valence-corrected chi connectivity index (χ3v) is 11.9. The van der Waals surface area contributed by atoms with Crippen LogP contribution in [0.3, 0.4) is 0 Å². The summed E-state index contributed by atoms with van der Waals surface area (Å²) >= 11 is 0. The van der Waals surface area contributed by atoms with Crippen LogP contribution in [0.5, 0.6) is 0 Å². The van der Waals surface area contributed by atoms with E-state index >= 15 is 0 Å². The van der Waals surface area contributed by atoms with Crippen molar-refractivity contribution in [1.29, 1.82) is 0 Å². The summed E-state index contributed by atoms with van der Waals surface area (Å²) in [6, 6.07) is 0. The highest BCUT2D eigenvalue weighted by Gasteiger charge is 2.56. The van der Waals surface area contributed by atoms with Crippen molar-refractivity contribution in [1.82, 2.24) is 0 Å². The van der Waals surface area contributed by atoms with Crippen LogP contribution in [0.4, 0.5) is 0 Å². The van der Waals surface area contributed by atoms with Crippen molar-refractivity contribution in [3.63, 3.8) is 0 Å². The van der Waals surface area contributed by atoms with Gasteiger partial charge in [-0.05, 0) is 12.8 Å². The van der Waals surface area contributed by atoms with Crippen LogP contribution in [0.15, 0.2) is 0 Å². The Labute approximate surface area is 349 Å². The Hall–Kier alpha value is -0.850. The summed E-state index contributed by atoms with van der Waals surface area (Å²) in [5.41, 5.74) is 0. The summed E-state index contributed by atoms with van der Waals surface area (Å²) < 4.78 is 65.2. The maximum atomic E-state index is 13.0. The van der Waals surface area contributed by atoms with Gasteiger partial charge in [0.1, 0.15) is 43.2 Å². The van der Waals surface area contributed by atoms with Crippen molar-refractivity contribution in [3.8, 4) is 0 Å². The van der Waals surface area contributed by atoms with Gasteiger partial charge < -0.3 is 49.3 Å². The standard InChI is InChI=1S/C37H73O19P3/c1-3-5-7-9-11-13-15-17-19-21-23-25-30(38)51-27-29(53-31(39)26-24-22-20-18-16-14-12-10-8-6-4-2)28-52-59(49,50)56-35-32(40)33(41)36(54-57(43,44)45)37(34(35)42)55-58(46,47)48/h29,32-37,40-42H,3-28H2,1-2H3,(H,49,50)(H2,43,44,45)(H2,46,47,48)/t29-,32-,33+,34+,35-,36-,37-/m1/s1. The molecule has 0 bridgehead atoms. The van der Waals surface area contributed by atoms with Gasteiger partial charge in [-0.25, -0.2) is 13.7 Å². The predicted octanol–water partition coefficient (Wildman–Crippen LogP) is 6.40. The van der Waals surface area contributed by atoms with Crippen LogP contribution < -0.4 is 0 Å². The van der Waals surface area contributed by atoms with Crippen LogP contribution in [0.1, 0.15) is 168 Å². The molecule has 8 N–H and O–H groups in total. The Morgan fingerprint density at radius 1 is 0.475 bits per heavy atom. The Morgan fingerprint density at radius 3 is 1.24 bits per heavy atom. The highest BCUT2D eigenvalue weighted by Crippen LogP contribution is 2.51. The van der Waals surface area contributed by atoms with Gasteiger partial charge in [-0.3, -0.25) is 27.7 Å². The molecule has 1 unspecified atom stereocenters. The molecule has 0 radical (unpaired) electrons. The molecule has 0 aromatic rings. The molecule has 0 spiro atoms. The van der Waals surface area contributed by atoms with E-state index in [1.54, 1.807) is 0 Å². The van der Waals surface area contributed by atoms with Crippen molar-refractivity contribution >= 4 is 35.4 Å². The molecule has 1 aliphatic carbocycles. The lowest BCUT2D eigenvalue weighted by molar-refractivity contribution is -0.213. The van der Waals surface area contributed by atoms with Gasteiger partial charge >= 0.3 is 35.4 Å². The molecule has 0 saturated heterocycles. The number of aliphatic hydroxyl groups is 3. The van der Waals surface area contributed by atoms with E-state index in [9.17, 15) is 63.1 Å². The molecule has 0 heterocycles. The molecule has 0 amide bonds. The van der Waals surface area contributed by atoms with Gasteiger partial charge in [0.05, 0.1) is 6.61 Å². The average Bonchev–Trinajstić information content (AvgIpc) is 3.15. The monoisotopic (exact) mass is 914 g/mol. The van der Waals surface area contributed by atoms with Crippen LogP contribution in [0, 0.1) is 0 Å². The van der Waals surface area contributed by atoms with Gasteiger partial charge in [-0.15, -0.1) is 0 Å². The Bertz CT molecular complexity index is 1280. The van der Waals surface area contributed by atoms with Crippen molar-refractivity contribution in [3.05, 3.63) is 0 Å². The maximum Gasteiger partial charge on any atom is 0.472 e. The second-order valence-electron chi connectivity index (χ2n) is 15.3. The zero-order chi connectivity index (χ0) is 44.3. The molecule has 1 fully saturated rings. The Balaban J connectivity index is 2.80. The first-order valence-electron chi connectivity index (χ1n) is 21.3. The Morgan fingerprint density at radius 2 is 0.831 bits per heavy atom. The van der Waals surface area contributed by atoms with Crippen LogP contribution in [0.2, 0.25) is 0 Å². The summed E-state index contributed by atoms with van der Waals surface area (Å²) in [5, 5.41) is 31.7. The minimum Gasteiger partial charge on any atom is -0.462 e. The zero-order valence-corrected chi connectivity index (χ0v) is 37.5. The number of aliphatic hydroxyl groups excluding tert-OH is 3. The number of carbonyl (C=O) groups excluding carboxylic acids is 2. The fourth-order valence-electron chi connectivity index (χ4n) is 6.70. The predicted molar refractivity (Wildman–Crippen MR) is 215 cm³/mol. The molecule has 1 saturated carbocycles. The lowest BCUT2D eigenvalue weighted by Gasteiger charge is -2.44. The number of rotatable bonds is 36. The number of unbranched alkanes of at least 4 members (excludes halogenated alkanes) is 20. The third-order valence-electron chi connectivity index (χ3n) is 9.91. The first-order valence-corrected chi connectivity index (χ1v) is 25.9. The van der Waals surface area contributed by atoms with E-state index in [-0.39, 0.29) is 12.8 Å². The molecule has 59 heavy (non-hydrogen) atoms. The molecule has 1 aliphatic rings. The minimum atomic E-state index is -5.59. The fourth-order valence-corrected chi connectivity index (χ4v) is 8.80. The van der Waals surface area contributed by atoms with E-state index < -0.39 is 91.3 Å². The van der Waals surface area contributed by atoms with E-state index in [4.69, 9.17) is 18.5 Å². The van der Waals surface area contributed by atoms with Gasteiger partial charge in [0.2, 0.25) is 0 Å². The van der Waals surface area contributed by atoms with E-state index in [2.05, 4.69) is 22.9 Å². The molecule has 1 rings (SSSR count). The SMILES string of the molecule is CCCCCCCCCCCCCC(=O)OC[C@H](COP(=O)(O)O[C@@H]1[C@H](O)[C@H](O)[C@@H](OP(=O)(O)O)[C@H](OP(=O)(O)O)[C@H]1O)OC(=O)CCCCCCCCCCCCC. The second kappa shape index (κ2) is 31.1. The number of phosphoric ester groups is 3. The highest BCUT2D eigenvalue weighted by atomic mass is 31.2. The summed E-state index contributed by atoms with van der Waals surface area (Å²) in [6.07, 6.45) is 7.33. The molecule has 19 nitrogen and oxygen atoms in total. The number of carbonyl (C=O) groups is 2. The van der Waals surface area contributed by atoms with Crippen molar-refractivity contribution < 1.29 is 90.6 Å². The molecule has 0 aromatic carbocycles. The number of ether oxygens (including phenoxy) is 2. The third kappa shape index (κ3) is 27.7. The molecule has 0 aromatic heterocycles. The van der Waals surface area contributed by atoms with Gasteiger partial charge in [0.15, 0.2) is 6.10 Å². The van der Waals surface area contributed by atoms with E-state index in [0.717, 1.165) is 57.8 Å². The normalized spacial score (nSPS) is 22.8. The number of esters is 2. The molecular formula is C37H73O19P3. The van der Waals surface area contributed by atoms with Gasteiger partial charge in [0.25, 0.3) is 0 Å². The van der Waals surface area contributed by atoms with Crippen molar-refractivity contribution in [2.75, 3.05) is 13.2 Å². The first-order chi connectivity index (χ1) is 27.8. The van der Waals surface area contributed by atoms with Crippen LogP contribution in [-0.2, 0) is 50.9 Å². The smallest absolute Gasteiger partial charge is 0.462 e. The lowest BCUT2D eigenvalue weighted by atomic mass is 9.85. The van der Waals surface area contributed by atoms with Crippen molar-refractivity contribution in [2.45, 2.75) is 211 Å². The topological polar surface area (TPSA) is 303 Å². The van der Waals surface area contributed by atoms with Gasteiger partial charge in [0, 0.05) is 12.8 Å².